The van der Waals surface area contributed by atoms with E-state index in [0.29, 0.717) is 24.2 Å². The van der Waals surface area contributed by atoms with Gasteiger partial charge in [0.05, 0.1) is 12.2 Å². The average Bonchev–Trinajstić information content (AvgIpc) is 2.65. The molecule has 2 aromatic carbocycles. The highest BCUT2D eigenvalue weighted by Gasteiger charge is 2.31. The third-order valence-corrected chi connectivity index (χ3v) is 4.69. The third-order valence-electron chi connectivity index (χ3n) is 4.69. The molecular formula is C21H26F3N3O. The molecule has 1 aliphatic heterocycles. The molecule has 0 radical (unpaired) electrons. The van der Waals surface area contributed by atoms with Crippen LogP contribution in [0.4, 0.5) is 24.5 Å². The molecule has 7 heteroatoms. The van der Waals surface area contributed by atoms with Crippen molar-refractivity contribution in [2.45, 2.75) is 32.9 Å². The average molecular weight is 393 g/mol. The van der Waals surface area contributed by atoms with Crippen molar-refractivity contribution in [2.75, 3.05) is 30.1 Å². The van der Waals surface area contributed by atoms with Crippen molar-refractivity contribution in [2.24, 2.45) is 5.73 Å². The van der Waals surface area contributed by atoms with Gasteiger partial charge < -0.3 is 15.5 Å². The number of nitrogens with two attached hydrogens (primary N) is 1. The number of rotatable bonds is 3. The Hall–Kier alpha value is -2.54. The highest BCUT2D eigenvalue weighted by atomic mass is 19.4. The predicted molar refractivity (Wildman–Crippen MR) is 106 cm³/mol. The molecule has 0 bridgehead atoms. The monoisotopic (exact) mass is 393 g/mol. The summed E-state index contributed by atoms with van der Waals surface area (Å²) in [5.74, 6) is 0.216. The summed E-state index contributed by atoms with van der Waals surface area (Å²) in [6.45, 7) is 4.28. The number of hydrogen-bond acceptors (Lipinski definition) is 3. The Kier molecular flexibility index (Phi) is 7.07. The summed E-state index contributed by atoms with van der Waals surface area (Å²) in [5, 5.41) is 0. The second kappa shape index (κ2) is 9.10. The lowest BCUT2D eigenvalue weighted by Gasteiger charge is -2.25. The van der Waals surface area contributed by atoms with Crippen molar-refractivity contribution >= 4 is 17.3 Å². The van der Waals surface area contributed by atoms with Crippen molar-refractivity contribution in [1.29, 1.82) is 0 Å². The Labute approximate surface area is 163 Å². The number of alkyl halides is 3. The Morgan fingerprint density at radius 2 is 1.82 bits per heavy atom. The standard InChI is InChI=1S/C11H15F3N2.C10H11NO/c1-3-16(7-15)10-5-8(2)4-9(6-10)11(12,13)14;1-11-9-5-3-2-4-8(9)6-7-10(11)12/h4-6H,3,7,15H2,1-2H3;2-5H,6-7H2,1H3. The third kappa shape index (κ3) is 5.25. The molecule has 1 heterocycles. The van der Waals surface area contributed by atoms with Crippen molar-refractivity contribution < 1.29 is 18.0 Å². The van der Waals surface area contributed by atoms with Gasteiger partial charge in [0.15, 0.2) is 0 Å². The maximum Gasteiger partial charge on any atom is 0.416 e. The number of halogens is 3. The fourth-order valence-electron chi connectivity index (χ4n) is 3.12. The summed E-state index contributed by atoms with van der Waals surface area (Å²) in [6.07, 6.45) is -2.78. The number of carbonyl (C=O) groups is 1. The molecule has 0 aromatic heterocycles. The summed E-state index contributed by atoms with van der Waals surface area (Å²) in [4.78, 5) is 14.7. The van der Waals surface area contributed by atoms with Crippen LogP contribution in [0.2, 0.25) is 0 Å². The zero-order valence-corrected chi connectivity index (χ0v) is 16.4. The van der Waals surface area contributed by atoms with E-state index in [1.807, 2.05) is 32.2 Å². The van der Waals surface area contributed by atoms with E-state index in [1.165, 1.54) is 5.56 Å². The minimum absolute atomic E-state index is 0.206. The highest BCUT2D eigenvalue weighted by molar-refractivity contribution is 5.95. The molecule has 0 atom stereocenters. The van der Waals surface area contributed by atoms with Gasteiger partial charge in [-0.2, -0.15) is 13.2 Å². The van der Waals surface area contributed by atoms with Crippen molar-refractivity contribution in [3.8, 4) is 0 Å². The van der Waals surface area contributed by atoms with E-state index in [4.69, 9.17) is 5.73 Å². The van der Waals surface area contributed by atoms with Gasteiger partial charge in [-0.25, -0.2) is 0 Å². The summed E-state index contributed by atoms with van der Waals surface area (Å²) < 4.78 is 37.7. The van der Waals surface area contributed by atoms with Crippen LogP contribution in [0.25, 0.3) is 0 Å². The van der Waals surface area contributed by atoms with Gasteiger partial charge in [-0.3, -0.25) is 4.79 Å². The van der Waals surface area contributed by atoms with Gasteiger partial charge in [-0.15, -0.1) is 0 Å². The lowest BCUT2D eigenvalue weighted by Crippen LogP contribution is -2.30. The number of carbonyl (C=O) groups excluding carboxylic acids is 1. The first kappa shape index (κ1) is 21.8. The van der Waals surface area contributed by atoms with Gasteiger partial charge in [0.2, 0.25) is 5.91 Å². The molecule has 3 rings (SSSR count). The van der Waals surface area contributed by atoms with E-state index in [2.05, 4.69) is 6.07 Å². The van der Waals surface area contributed by atoms with E-state index in [1.54, 1.807) is 22.8 Å². The van der Waals surface area contributed by atoms with E-state index < -0.39 is 11.7 Å². The molecular weight excluding hydrogens is 367 g/mol. The Balaban J connectivity index is 0.000000207. The second-order valence-electron chi connectivity index (χ2n) is 6.68. The molecule has 1 aliphatic rings. The number of amides is 1. The van der Waals surface area contributed by atoms with E-state index >= 15 is 0 Å². The summed E-state index contributed by atoms with van der Waals surface area (Å²) >= 11 is 0. The minimum atomic E-state index is -4.31. The van der Waals surface area contributed by atoms with Gasteiger partial charge in [0.1, 0.15) is 0 Å². The molecule has 1 amide bonds. The maximum absolute atomic E-state index is 12.6. The molecule has 28 heavy (non-hydrogen) atoms. The van der Waals surface area contributed by atoms with Gasteiger partial charge >= 0.3 is 6.18 Å². The number of nitrogens with zero attached hydrogens (tertiary/aromatic N) is 2. The summed E-state index contributed by atoms with van der Waals surface area (Å²) in [6, 6.07) is 12.0. The SMILES string of the molecule is CCN(CN)c1cc(C)cc(C(F)(F)F)c1.CN1C(=O)CCc2ccccc21. The Morgan fingerprint density at radius 1 is 1.14 bits per heavy atom. The van der Waals surface area contributed by atoms with Gasteiger partial charge in [-0.05, 0) is 55.7 Å². The highest BCUT2D eigenvalue weighted by Crippen LogP contribution is 2.32. The van der Waals surface area contributed by atoms with Crippen LogP contribution in [0.1, 0.15) is 30.0 Å². The number of para-hydroxylation sites is 1. The van der Waals surface area contributed by atoms with E-state index in [9.17, 15) is 18.0 Å². The van der Waals surface area contributed by atoms with Crippen LogP contribution < -0.4 is 15.5 Å². The predicted octanol–water partition coefficient (Wildman–Crippen LogP) is 4.35. The van der Waals surface area contributed by atoms with Gasteiger partial charge in [-0.1, -0.05) is 18.2 Å². The van der Waals surface area contributed by atoms with Crippen LogP contribution in [0.3, 0.4) is 0 Å². The van der Waals surface area contributed by atoms with Gasteiger partial charge in [0.25, 0.3) is 0 Å². The fraction of sp³-hybridized carbons (Fsp3) is 0.381. The van der Waals surface area contributed by atoms with Crippen LogP contribution in [-0.4, -0.2) is 26.2 Å². The second-order valence-corrected chi connectivity index (χ2v) is 6.68. The zero-order valence-electron chi connectivity index (χ0n) is 16.4. The first-order chi connectivity index (χ1) is 13.2. The molecule has 0 fully saturated rings. The molecule has 0 aliphatic carbocycles. The lowest BCUT2D eigenvalue weighted by molar-refractivity contribution is -0.137. The molecule has 4 nitrogen and oxygen atoms in total. The van der Waals surface area contributed by atoms with Crippen LogP contribution in [0.5, 0.6) is 0 Å². The number of aryl methyl sites for hydroxylation is 2. The summed E-state index contributed by atoms with van der Waals surface area (Å²) in [7, 11) is 1.83. The molecule has 0 spiro atoms. The van der Waals surface area contributed by atoms with Crippen LogP contribution in [-0.2, 0) is 17.4 Å². The zero-order chi connectivity index (χ0) is 20.9. The molecule has 2 N–H and O–H groups in total. The van der Waals surface area contributed by atoms with Crippen LogP contribution in [0.15, 0.2) is 42.5 Å². The first-order valence-electron chi connectivity index (χ1n) is 9.15. The van der Waals surface area contributed by atoms with Crippen LogP contribution in [0, 0.1) is 6.92 Å². The lowest BCUT2D eigenvalue weighted by atomic mass is 10.0. The van der Waals surface area contributed by atoms with E-state index in [-0.39, 0.29) is 12.6 Å². The first-order valence-corrected chi connectivity index (χ1v) is 9.15. The van der Waals surface area contributed by atoms with Gasteiger partial charge in [0, 0.05) is 31.4 Å². The van der Waals surface area contributed by atoms with Crippen molar-refractivity contribution in [1.82, 2.24) is 0 Å². The summed E-state index contributed by atoms with van der Waals surface area (Å²) in [5.41, 5.74) is 8.27. The molecule has 2 aromatic rings. The Morgan fingerprint density at radius 3 is 2.43 bits per heavy atom. The number of hydrogen-bond donors (Lipinski definition) is 1. The molecule has 0 saturated carbocycles. The van der Waals surface area contributed by atoms with E-state index in [0.717, 1.165) is 24.2 Å². The smallest absolute Gasteiger partial charge is 0.359 e. The molecule has 152 valence electrons. The van der Waals surface area contributed by atoms with Crippen molar-refractivity contribution in [3.63, 3.8) is 0 Å². The number of anilines is 2. The van der Waals surface area contributed by atoms with Crippen LogP contribution >= 0.6 is 0 Å². The Bertz CT molecular complexity index is 817. The molecule has 0 saturated heterocycles. The quantitative estimate of drug-likeness (QED) is 0.789. The number of fused-ring (bicyclic) bond motifs is 1. The fourth-order valence-corrected chi connectivity index (χ4v) is 3.12. The maximum atomic E-state index is 12.6. The normalized spacial score (nSPS) is 13.5. The number of benzene rings is 2. The topological polar surface area (TPSA) is 49.6 Å². The largest absolute Gasteiger partial charge is 0.416 e. The minimum Gasteiger partial charge on any atom is -0.359 e. The molecule has 0 unspecified atom stereocenters. The van der Waals surface area contributed by atoms with Crippen molar-refractivity contribution in [3.05, 3.63) is 59.2 Å².